The quantitative estimate of drug-likeness (QED) is 0.548. The Bertz CT molecular complexity index is 1200. The smallest absolute Gasteiger partial charge is 0.269 e. The van der Waals surface area contributed by atoms with Gasteiger partial charge in [-0.15, -0.1) is 0 Å². The number of aryl methyl sites for hydroxylation is 1. The zero-order chi connectivity index (χ0) is 20.4. The van der Waals surface area contributed by atoms with Crippen molar-refractivity contribution in [1.29, 1.82) is 0 Å². The molecule has 0 aliphatic carbocycles. The van der Waals surface area contributed by atoms with Gasteiger partial charge in [-0.05, 0) is 38.1 Å². The van der Waals surface area contributed by atoms with Crippen molar-refractivity contribution in [2.24, 2.45) is 5.73 Å². The van der Waals surface area contributed by atoms with Crippen LogP contribution in [0.15, 0.2) is 65.7 Å². The second-order valence-corrected chi connectivity index (χ2v) is 6.90. The Kier molecular flexibility index (Phi) is 5.14. The highest BCUT2D eigenvalue weighted by Crippen LogP contribution is 2.24. The van der Waals surface area contributed by atoms with Crippen LogP contribution in [0.3, 0.4) is 0 Å². The highest BCUT2D eigenvalue weighted by Gasteiger charge is 2.18. The number of hydrogen-bond acceptors (Lipinski definition) is 5. The normalized spacial score (nSPS) is 12.2. The van der Waals surface area contributed by atoms with Crippen molar-refractivity contribution in [3.63, 3.8) is 0 Å². The summed E-state index contributed by atoms with van der Waals surface area (Å²) < 4.78 is 9.56. The summed E-state index contributed by atoms with van der Waals surface area (Å²) in [5, 5.41) is 0.447. The third-order valence-corrected chi connectivity index (χ3v) is 4.82. The Hall–Kier alpha value is -3.45. The topological polar surface area (TPSA) is 88.0 Å². The predicted molar refractivity (Wildman–Crippen MR) is 112 cm³/mol. The molecule has 1 unspecified atom stereocenters. The molecule has 0 aliphatic heterocycles. The third kappa shape index (κ3) is 3.64. The molecule has 1 atom stereocenters. The van der Waals surface area contributed by atoms with Crippen LogP contribution in [0.2, 0.25) is 0 Å². The average Bonchev–Trinajstić information content (AvgIpc) is 3.13. The number of hydrogen-bond donors (Lipinski definition) is 1. The summed E-state index contributed by atoms with van der Waals surface area (Å²) in [6.45, 7) is 4.81. The Morgan fingerprint density at radius 2 is 1.93 bits per heavy atom. The Balaban J connectivity index is 1.79. The molecular formula is C22H23N5O2. The summed E-state index contributed by atoms with van der Waals surface area (Å²) in [6, 6.07) is 14.4. The van der Waals surface area contributed by atoms with Crippen molar-refractivity contribution in [3.8, 4) is 11.4 Å². The molecule has 0 saturated heterocycles. The van der Waals surface area contributed by atoms with E-state index in [1.54, 1.807) is 16.8 Å². The van der Waals surface area contributed by atoms with Gasteiger partial charge in [-0.25, -0.2) is 9.97 Å². The molecule has 2 aromatic carbocycles. The number of ether oxygens (including phenoxy) is 1. The summed E-state index contributed by atoms with van der Waals surface area (Å²) in [7, 11) is 0. The van der Waals surface area contributed by atoms with Gasteiger partial charge in [0.25, 0.3) is 5.56 Å². The van der Waals surface area contributed by atoms with E-state index in [4.69, 9.17) is 10.5 Å². The minimum absolute atomic E-state index is 0.192. The molecule has 0 radical (unpaired) electrons. The number of fused-ring (bicyclic) bond motifs is 1. The van der Waals surface area contributed by atoms with E-state index in [0.717, 1.165) is 11.5 Å². The first kappa shape index (κ1) is 18.9. The summed E-state index contributed by atoms with van der Waals surface area (Å²) in [5.74, 6) is 1.94. The molecular weight excluding hydrogens is 366 g/mol. The lowest BCUT2D eigenvalue weighted by atomic mass is 10.2. The van der Waals surface area contributed by atoms with Crippen LogP contribution in [0.5, 0.6) is 5.75 Å². The van der Waals surface area contributed by atoms with E-state index in [2.05, 4.69) is 9.97 Å². The van der Waals surface area contributed by atoms with Gasteiger partial charge in [0.1, 0.15) is 29.4 Å². The average molecular weight is 389 g/mol. The van der Waals surface area contributed by atoms with E-state index in [-0.39, 0.29) is 5.56 Å². The lowest BCUT2D eigenvalue weighted by molar-refractivity contribution is 0.300. The lowest BCUT2D eigenvalue weighted by Gasteiger charge is -2.17. The molecule has 7 heteroatoms. The summed E-state index contributed by atoms with van der Waals surface area (Å²) in [6.07, 6.45) is 3.66. The van der Waals surface area contributed by atoms with Crippen molar-refractivity contribution in [3.05, 3.63) is 82.9 Å². The van der Waals surface area contributed by atoms with Crippen molar-refractivity contribution in [1.82, 2.24) is 19.1 Å². The van der Waals surface area contributed by atoms with Crippen LogP contribution in [-0.4, -0.2) is 25.7 Å². The standard InChI is InChI=1S/C22H23N5O2/c1-15(23)21-25-18-9-6-10-19(29-14-13-26-12-11-24-16(26)2)20(18)22(28)27(21)17-7-4-3-5-8-17/h3-12,15H,13-14,23H2,1-2H3. The molecule has 0 aliphatic rings. The molecule has 148 valence electrons. The number of nitrogens with zero attached hydrogens (tertiary/aromatic N) is 4. The maximum Gasteiger partial charge on any atom is 0.269 e. The maximum atomic E-state index is 13.5. The van der Waals surface area contributed by atoms with Crippen LogP contribution in [0.1, 0.15) is 24.6 Å². The molecule has 0 bridgehead atoms. The number of rotatable bonds is 6. The molecule has 2 aromatic heterocycles. The van der Waals surface area contributed by atoms with E-state index in [9.17, 15) is 4.79 Å². The highest BCUT2D eigenvalue weighted by atomic mass is 16.5. The van der Waals surface area contributed by atoms with Gasteiger partial charge in [-0.2, -0.15) is 0 Å². The van der Waals surface area contributed by atoms with Crippen LogP contribution >= 0.6 is 0 Å². The number of imidazole rings is 1. The Labute approximate surface area is 168 Å². The molecule has 2 N–H and O–H groups in total. The summed E-state index contributed by atoms with van der Waals surface area (Å²) in [4.78, 5) is 22.4. The van der Waals surface area contributed by atoms with Gasteiger partial charge in [0, 0.05) is 12.4 Å². The maximum absolute atomic E-state index is 13.5. The molecule has 0 saturated carbocycles. The molecule has 0 spiro atoms. The van der Waals surface area contributed by atoms with E-state index < -0.39 is 6.04 Å². The third-order valence-electron chi connectivity index (χ3n) is 4.82. The monoisotopic (exact) mass is 389 g/mol. The molecule has 7 nitrogen and oxygen atoms in total. The highest BCUT2D eigenvalue weighted by molar-refractivity contribution is 5.84. The number of para-hydroxylation sites is 1. The first-order valence-electron chi connectivity index (χ1n) is 9.53. The van der Waals surface area contributed by atoms with Gasteiger partial charge in [0.05, 0.1) is 23.8 Å². The van der Waals surface area contributed by atoms with Gasteiger partial charge in [-0.3, -0.25) is 9.36 Å². The fourth-order valence-corrected chi connectivity index (χ4v) is 3.36. The second kappa shape index (κ2) is 7.89. The van der Waals surface area contributed by atoms with Crippen molar-refractivity contribution in [2.75, 3.05) is 6.61 Å². The largest absolute Gasteiger partial charge is 0.491 e. The molecule has 4 rings (SSSR count). The fraction of sp³-hybridized carbons (Fsp3) is 0.227. The van der Waals surface area contributed by atoms with Crippen LogP contribution in [0.4, 0.5) is 0 Å². The van der Waals surface area contributed by atoms with Gasteiger partial charge in [0.15, 0.2) is 0 Å². The minimum Gasteiger partial charge on any atom is -0.491 e. The number of nitrogens with two attached hydrogens (primary N) is 1. The predicted octanol–water partition coefficient (Wildman–Crippen LogP) is 2.99. The Morgan fingerprint density at radius 3 is 2.62 bits per heavy atom. The molecule has 2 heterocycles. The second-order valence-electron chi connectivity index (χ2n) is 6.90. The van der Waals surface area contributed by atoms with Crippen LogP contribution in [0.25, 0.3) is 16.6 Å². The van der Waals surface area contributed by atoms with E-state index >= 15 is 0 Å². The Morgan fingerprint density at radius 1 is 1.14 bits per heavy atom. The van der Waals surface area contributed by atoms with Gasteiger partial charge in [0.2, 0.25) is 0 Å². The molecule has 4 aromatic rings. The van der Waals surface area contributed by atoms with Crippen molar-refractivity contribution in [2.45, 2.75) is 26.4 Å². The number of aromatic nitrogens is 4. The minimum atomic E-state index is -0.402. The first-order valence-corrected chi connectivity index (χ1v) is 9.53. The van der Waals surface area contributed by atoms with E-state index in [1.807, 2.05) is 67.1 Å². The zero-order valence-corrected chi connectivity index (χ0v) is 16.4. The van der Waals surface area contributed by atoms with Crippen molar-refractivity contribution >= 4 is 10.9 Å². The SMILES string of the molecule is Cc1nccn1CCOc1cccc2nc(C(C)N)n(-c3ccccc3)c(=O)c12. The van der Waals surface area contributed by atoms with Crippen molar-refractivity contribution < 1.29 is 4.74 Å². The van der Waals surface area contributed by atoms with Crippen LogP contribution in [-0.2, 0) is 6.54 Å². The summed E-state index contributed by atoms with van der Waals surface area (Å²) in [5.41, 5.74) is 7.24. The van der Waals surface area contributed by atoms with Gasteiger partial charge in [-0.1, -0.05) is 24.3 Å². The van der Waals surface area contributed by atoms with E-state index in [1.165, 1.54) is 0 Å². The molecule has 0 fully saturated rings. The molecule has 29 heavy (non-hydrogen) atoms. The molecule has 0 amide bonds. The van der Waals surface area contributed by atoms with Crippen LogP contribution < -0.4 is 16.0 Å². The van der Waals surface area contributed by atoms with E-state index in [0.29, 0.717) is 35.6 Å². The van der Waals surface area contributed by atoms with Gasteiger partial charge >= 0.3 is 0 Å². The first-order chi connectivity index (χ1) is 14.1. The summed E-state index contributed by atoms with van der Waals surface area (Å²) >= 11 is 0. The lowest BCUT2D eigenvalue weighted by Crippen LogP contribution is -2.27. The van der Waals surface area contributed by atoms with Crippen LogP contribution in [0, 0.1) is 6.92 Å². The van der Waals surface area contributed by atoms with Gasteiger partial charge < -0.3 is 15.0 Å². The fourth-order valence-electron chi connectivity index (χ4n) is 3.36. The zero-order valence-electron chi connectivity index (χ0n) is 16.4. The number of benzene rings is 2.